The highest BCUT2D eigenvalue weighted by Crippen LogP contribution is 2.31. The zero-order chi connectivity index (χ0) is 13.4. The molecule has 0 aliphatic rings. The molecule has 1 nitrogen and oxygen atoms in total. The number of ether oxygens (including phenoxy) is 1. The van der Waals surface area contributed by atoms with Crippen LogP contribution >= 0.6 is 11.6 Å². The summed E-state index contributed by atoms with van der Waals surface area (Å²) >= 11 is 6.41. The number of hydrogen-bond acceptors (Lipinski definition) is 1. The van der Waals surface area contributed by atoms with E-state index < -0.39 is 0 Å². The lowest BCUT2D eigenvalue weighted by Gasteiger charge is -2.13. The van der Waals surface area contributed by atoms with Gasteiger partial charge in [0, 0.05) is 0 Å². The first-order valence-corrected chi connectivity index (χ1v) is 7.49. The lowest BCUT2D eigenvalue weighted by Crippen LogP contribution is -2.00. The normalized spacial score (nSPS) is 10.7. The summed E-state index contributed by atoms with van der Waals surface area (Å²) in [5.41, 5.74) is 2.51. The number of rotatable bonds is 8. The van der Waals surface area contributed by atoms with Crippen molar-refractivity contribution in [1.82, 2.24) is 0 Å². The molecule has 1 aromatic carbocycles. The summed E-state index contributed by atoms with van der Waals surface area (Å²) in [6.07, 6.45) is 7.03. The fourth-order valence-corrected chi connectivity index (χ4v) is 2.44. The van der Waals surface area contributed by atoms with Crippen LogP contribution in [0.15, 0.2) is 12.1 Å². The van der Waals surface area contributed by atoms with Gasteiger partial charge in [-0.1, -0.05) is 57.2 Å². The average Bonchev–Trinajstić information content (AvgIpc) is 2.36. The molecule has 0 radical (unpaired) electrons. The van der Waals surface area contributed by atoms with E-state index >= 15 is 0 Å². The molecule has 0 bridgehead atoms. The number of benzene rings is 1. The molecule has 0 aliphatic heterocycles. The van der Waals surface area contributed by atoms with Crippen LogP contribution in [0.2, 0.25) is 5.02 Å². The molecule has 0 spiro atoms. The molecule has 0 heterocycles. The summed E-state index contributed by atoms with van der Waals surface area (Å²) in [5.74, 6) is 0.849. The smallest absolute Gasteiger partial charge is 0.138 e. The molecule has 1 aromatic rings. The van der Waals surface area contributed by atoms with Gasteiger partial charge in [-0.3, -0.25) is 0 Å². The molecule has 0 aromatic heterocycles. The molecule has 0 aliphatic carbocycles. The third kappa shape index (κ3) is 4.53. The van der Waals surface area contributed by atoms with Gasteiger partial charge in [-0.05, 0) is 37.0 Å². The Bertz CT molecular complexity index is 360. The lowest BCUT2D eigenvalue weighted by molar-refractivity contribution is 0.305. The predicted molar refractivity (Wildman–Crippen MR) is 79.8 cm³/mol. The van der Waals surface area contributed by atoms with Crippen molar-refractivity contribution in [2.45, 2.75) is 59.3 Å². The Hall–Kier alpha value is -0.690. The average molecular weight is 269 g/mol. The van der Waals surface area contributed by atoms with Crippen molar-refractivity contribution in [3.8, 4) is 5.75 Å². The standard InChI is InChI=1S/C16H25ClO/c1-4-6-7-8-12-18-15-11-10-13(3)14(9-5-2)16(15)17/h10-11H,4-9,12H2,1-3H3. The van der Waals surface area contributed by atoms with E-state index in [1.54, 1.807) is 0 Å². The van der Waals surface area contributed by atoms with Crippen molar-refractivity contribution < 1.29 is 4.74 Å². The Labute approximate surface area is 116 Å². The quantitative estimate of drug-likeness (QED) is 0.561. The summed E-state index contributed by atoms with van der Waals surface area (Å²) < 4.78 is 5.79. The van der Waals surface area contributed by atoms with Crippen molar-refractivity contribution in [3.63, 3.8) is 0 Å². The number of unbranched alkanes of at least 4 members (excludes halogenated alkanes) is 3. The Morgan fingerprint density at radius 2 is 1.83 bits per heavy atom. The van der Waals surface area contributed by atoms with Crippen LogP contribution in [0.5, 0.6) is 5.75 Å². The first kappa shape index (κ1) is 15.4. The van der Waals surface area contributed by atoms with Crippen molar-refractivity contribution in [1.29, 1.82) is 0 Å². The molecule has 18 heavy (non-hydrogen) atoms. The van der Waals surface area contributed by atoms with E-state index in [1.165, 1.54) is 30.4 Å². The minimum atomic E-state index is 0.772. The van der Waals surface area contributed by atoms with Gasteiger partial charge in [-0.2, -0.15) is 0 Å². The highest BCUT2D eigenvalue weighted by atomic mass is 35.5. The van der Waals surface area contributed by atoms with Gasteiger partial charge in [0.25, 0.3) is 0 Å². The van der Waals surface area contributed by atoms with Gasteiger partial charge in [0.05, 0.1) is 11.6 Å². The van der Waals surface area contributed by atoms with Crippen LogP contribution in [0.25, 0.3) is 0 Å². The van der Waals surface area contributed by atoms with E-state index in [4.69, 9.17) is 16.3 Å². The molecule has 0 saturated heterocycles. The molecule has 0 saturated carbocycles. The molecular weight excluding hydrogens is 244 g/mol. The Balaban J connectivity index is 2.58. The van der Waals surface area contributed by atoms with Crippen LogP contribution in [0.3, 0.4) is 0 Å². The molecule has 0 N–H and O–H groups in total. The molecular formula is C16H25ClO. The first-order valence-electron chi connectivity index (χ1n) is 7.11. The minimum Gasteiger partial charge on any atom is -0.492 e. The van der Waals surface area contributed by atoms with Gasteiger partial charge in [-0.25, -0.2) is 0 Å². The van der Waals surface area contributed by atoms with E-state index in [2.05, 4.69) is 26.8 Å². The molecule has 0 unspecified atom stereocenters. The largest absolute Gasteiger partial charge is 0.492 e. The van der Waals surface area contributed by atoms with Gasteiger partial charge in [0.2, 0.25) is 0 Å². The second-order valence-electron chi connectivity index (χ2n) is 4.83. The van der Waals surface area contributed by atoms with Crippen molar-refractivity contribution in [2.24, 2.45) is 0 Å². The Kier molecular flexibility index (Phi) is 7.19. The van der Waals surface area contributed by atoms with Crippen LogP contribution in [0.1, 0.15) is 57.1 Å². The van der Waals surface area contributed by atoms with Gasteiger partial charge >= 0.3 is 0 Å². The second kappa shape index (κ2) is 8.42. The fraction of sp³-hybridized carbons (Fsp3) is 0.625. The van der Waals surface area contributed by atoms with Crippen molar-refractivity contribution in [2.75, 3.05) is 6.61 Å². The topological polar surface area (TPSA) is 9.23 Å². The zero-order valence-electron chi connectivity index (χ0n) is 11.9. The van der Waals surface area contributed by atoms with Gasteiger partial charge in [0.1, 0.15) is 5.75 Å². The van der Waals surface area contributed by atoms with Crippen LogP contribution in [0, 0.1) is 6.92 Å². The molecule has 0 atom stereocenters. The maximum absolute atomic E-state index is 6.41. The fourth-order valence-electron chi connectivity index (χ4n) is 2.08. The molecule has 102 valence electrons. The highest BCUT2D eigenvalue weighted by molar-refractivity contribution is 6.32. The van der Waals surface area contributed by atoms with E-state index in [0.29, 0.717) is 0 Å². The van der Waals surface area contributed by atoms with Gasteiger partial charge in [0.15, 0.2) is 0 Å². The summed E-state index contributed by atoms with van der Waals surface area (Å²) in [6, 6.07) is 4.11. The van der Waals surface area contributed by atoms with Crippen LogP contribution in [-0.2, 0) is 6.42 Å². The second-order valence-corrected chi connectivity index (χ2v) is 5.21. The SMILES string of the molecule is CCCCCCOc1ccc(C)c(CCC)c1Cl. The summed E-state index contributed by atoms with van der Waals surface area (Å²) in [4.78, 5) is 0. The Morgan fingerprint density at radius 3 is 2.50 bits per heavy atom. The zero-order valence-corrected chi connectivity index (χ0v) is 12.6. The van der Waals surface area contributed by atoms with E-state index in [1.807, 2.05) is 6.07 Å². The summed E-state index contributed by atoms with van der Waals surface area (Å²) in [7, 11) is 0. The maximum atomic E-state index is 6.41. The first-order chi connectivity index (χ1) is 8.70. The Morgan fingerprint density at radius 1 is 1.06 bits per heavy atom. The molecule has 2 heteroatoms. The van der Waals surface area contributed by atoms with Crippen LogP contribution in [-0.4, -0.2) is 6.61 Å². The predicted octanol–water partition coefficient (Wildman–Crippen LogP) is 5.56. The number of aryl methyl sites for hydroxylation is 1. The van der Waals surface area contributed by atoms with Crippen LogP contribution in [0.4, 0.5) is 0 Å². The van der Waals surface area contributed by atoms with E-state index in [-0.39, 0.29) is 0 Å². The van der Waals surface area contributed by atoms with Crippen molar-refractivity contribution in [3.05, 3.63) is 28.3 Å². The lowest BCUT2D eigenvalue weighted by atomic mass is 10.0. The number of hydrogen-bond donors (Lipinski definition) is 0. The highest BCUT2D eigenvalue weighted by Gasteiger charge is 2.09. The van der Waals surface area contributed by atoms with Crippen molar-refractivity contribution >= 4 is 11.6 Å². The third-order valence-corrected chi connectivity index (χ3v) is 3.61. The van der Waals surface area contributed by atoms with Gasteiger partial charge < -0.3 is 4.74 Å². The number of halogens is 1. The minimum absolute atomic E-state index is 0.772. The van der Waals surface area contributed by atoms with Gasteiger partial charge in [-0.15, -0.1) is 0 Å². The summed E-state index contributed by atoms with van der Waals surface area (Å²) in [6.45, 7) is 7.28. The summed E-state index contributed by atoms with van der Waals surface area (Å²) in [5, 5.41) is 0.812. The molecule has 1 rings (SSSR count). The third-order valence-electron chi connectivity index (χ3n) is 3.20. The maximum Gasteiger partial charge on any atom is 0.138 e. The van der Waals surface area contributed by atoms with Crippen LogP contribution < -0.4 is 4.74 Å². The molecule has 0 amide bonds. The molecule has 0 fully saturated rings. The monoisotopic (exact) mass is 268 g/mol. The van der Waals surface area contributed by atoms with E-state index in [9.17, 15) is 0 Å². The van der Waals surface area contributed by atoms with E-state index in [0.717, 1.165) is 36.6 Å².